The first kappa shape index (κ1) is 16.9. The van der Waals surface area contributed by atoms with Gasteiger partial charge in [0.15, 0.2) is 11.5 Å². The molecule has 0 unspecified atom stereocenters. The summed E-state index contributed by atoms with van der Waals surface area (Å²) in [5.41, 5.74) is 0.894. The van der Waals surface area contributed by atoms with Gasteiger partial charge in [-0.25, -0.2) is 0 Å². The van der Waals surface area contributed by atoms with Crippen molar-refractivity contribution >= 4 is 5.91 Å². The van der Waals surface area contributed by atoms with Crippen molar-refractivity contribution in [2.45, 2.75) is 50.7 Å². The molecule has 0 bridgehead atoms. The molecule has 1 saturated carbocycles. The van der Waals surface area contributed by atoms with E-state index in [4.69, 9.17) is 9.47 Å². The zero-order chi connectivity index (χ0) is 17.2. The van der Waals surface area contributed by atoms with E-state index < -0.39 is 18.1 Å². The summed E-state index contributed by atoms with van der Waals surface area (Å²) >= 11 is 0. The van der Waals surface area contributed by atoms with Crippen LogP contribution in [-0.4, -0.2) is 24.9 Å². The summed E-state index contributed by atoms with van der Waals surface area (Å²) in [6.07, 6.45) is -1.88. The number of carbonyl (C=O) groups is 1. The second kappa shape index (κ2) is 6.91. The summed E-state index contributed by atoms with van der Waals surface area (Å²) in [7, 11) is 0. The van der Waals surface area contributed by atoms with Crippen LogP contribution in [0.4, 0.5) is 13.2 Å². The molecule has 7 heteroatoms. The number of benzene rings is 1. The number of carbonyl (C=O) groups excluding carboxylic acids is 1. The highest BCUT2D eigenvalue weighted by atomic mass is 19.4. The third kappa shape index (κ3) is 3.94. The Morgan fingerprint density at radius 3 is 2.71 bits per heavy atom. The van der Waals surface area contributed by atoms with E-state index in [0.29, 0.717) is 30.8 Å². The van der Waals surface area contributed by atoms with E-state index in [0.717, 1.165) is 12.0 Å². The van der Waals surface area contributed by atoms with E-state index in [2.05, 4.69) is 5.32 Å². The number of alkyl halides is 3. The molecule has 132 valence electrons. The van der Waals surface area contributed by atoms with Gasteiger partial charge < -0.3 is 14.8 Å². The quantitative estimate of drug-likeness (QED) is 0.909. The van der Waals surface area contributed by atoms with Gasteiger partial charge in [-0.05, 0) is 37.0 Å². The number of hydrogen-bond donors (Lipinski definition) is 1. The van der Waals surface area contributed by atoms with Gasteiger partial charge >= 0.3 is 6.18 Å². The zero-order valence-electron chi connectivity index (χ0n) is 13.2. The van der Waals surface area contributed by atoms with Crippen LogP contribution in [0.3, 0.4) is 0 Å². The summed E-state index contributed by atoms with van der Waals surface area (Å²) in [4.78, 5) is 12.1. The van der Waals surface area contributed by atoms with Gasteiger partial charge in [0.25, 0.3) is 0 Å². The molecule has 0 radical (unpaired) electrons. The van der Waals surface area contributed by atoms with Gasteiger partial charge in [0, 0.05) is 12.5 Å². The molecule has 0 saturated heterocycles. The molecule has 1 fully saturated rings. The van der Waals surface area contributed by atoms with Crippen LogP contribution in [0.2, 0.25) is 0 Å². The molecule has 1 heterocycles. The Labute approximate surface area is 138 Å². The minimum atomic E-state index is -4.25. The Kier molecular flexibility index (Phi) is 4.87. The van der Waals surface area contributed by atoms with Crippen molar-refractivity contribution in [2.24, 2.45) is 5.92 Å². The van der Waals surface area contributed by atoms with Crippen molar-refractivity contribution in [3.8, 4) is 11.5 Å². The lowest BCUT2D eigenvalue weighted by atomic mass is 9.84. The lowest BCUT2D eigenvalue weighted by Crippen LogP contribution is -2.47. The van der Waals surface area contributed by atoms with Gasteiger partial charge in [-0.3, -0.25) is 4.79 Å². The molecule has 1 aliphatic heterocycles. The maximum Gasteiger partial charge on any atom is 0.393 e. The van der Waals surface area contributed by atoms with E-state index in [1.165, 1.54) is 0 Å². The third-order valence-corrected chi connectivity index (χ3v) is 4.61. The predicted octanol–water partition coefficient (Wildman–Crippen LogP) is 3.59. The Bertz CT molecular complexity index is 603. The number of halogens is 3. The van der Waals surface area contributed by atoms with Crippen molar-refractivity contribution in [3.63, 3.8) is 0 Å². The van der Waals surface area contributed by atoms with Crippen LogP contribution in [0.1, 0.15) is 37.7 Å². The second-order valence-electron chi connectivity index (χ2n) is 6.29. The lowest BCUT2D eigenvalue weighted by molar-refractivity contribution is -0.189. The summed E-state index contributed by atoms with van der Waals surface area (Å²) in [6.45, 7) is 0.180. The first-order chi connectivity index (χ1) is 11.4. The van der Waals surface area contributed by atoms with Crippen LogP contribution in [0.15, 0.2) is 18.2 Å². The van der Waals surface area contributed by atoms with E-state index in [-0.39, 0.29) is 25.5 Å². The number of aryl methyl sites for hydroxylation is 1. The first-order valence-corrected chi connectivity index (χ1v) is 8.18. The van der Waals surface area contributed by atoms with E-state index in [1.54, 1.807) is 12.1 Å². The topological polar surface area (TPSA) is 47.6 Å². The molecule has 0 spiro atoms. The number of rotatable bonds is 4. The number of fused-ring (bicyclic) bond motifs is 1. The van der Waals surface area contributed by atoms with Gasteiger partial charge in [0.05, 0.1) is 5.92 Å². The SMILES string of the molecule is O=C(CCc1ccc2c(c1)OCO2)N[C@H]1CCCC[C@@H]1C(F)(F)F. The molecule has 1 N–H and O–H groups in total. The van der Waals surface area contributed by atoms with E-state index in [9.17, 15) is 18.0 Å². The molecule has 1 amide bonds. The minimum Gasteiger partial charge on any atom is -0.454 e. The monoisotopic (exact) mass is 343 g/mol. The standard InChI is InChI=1S/C17H20F3NO3/c18-17(19,20)12-3-1-2-4-13(12)21-16(22)8-6-11-5-7-14-15(9-11)24-10-23-14/h5,7,9,12-13H,1-4,6,8,10H2,(H,21,22)/t12-,13-/m0/s1. The van der Waals surface area contributed by atoms with E-state index >= 15 is 0 Å². The second-order valence-corrected chi connectivity index (χ2v) is 6.29. The molecule has 24 heavy (non-hydrogen) atoms. The molecule has 3 rings (SSSR count). The average Bonchev–Trinajstić information content (AvgIpc) is 3.00. The van der Waals surface area contributed by atoms with Crippen molar-refractivity contribution in [3.05, 3.63) is 23.8 Å². The number of hydrogen-bond acceptors (Lipinski definition) is 3. The molecule has 1 aromatic rings. The molecule has 2 aliphatic rings. The maximum atomic E-state index is 13.0. The normalized spacial score (nSPS) is 23.1. The number of amides is 1. The smallest absolute Gasteiger partial charge is 0.393 e. The van der Waals surface area contributed by atoms with E-state index in [1.807, 2.05) is 6.07 Å². The van der Waals surface area contributed by atoms with Crippen LogP contribution in [0.5, 0.6) is 11.5 Å². The minimum absolute atomic E-state index is 0.0939. The Balaban J connectivity index is 1.53. The van der Waals surface area contributed by atoms with Crippen LogP contribution >= 0.6 is 0 Å². The van der Waals surface area contributed by atoms with Crippen LogP contribution < -0.4 is 14.8 Å². The first-order valence-electron chi connectivity index (χ1n) is 8.18. The number of ether oxygens (including phenoxy) is 2. The van der Waals surface area contributed by atoms with Gasteiger partial charge in [-0.2, -0.15) is 13.2 Å². The van der Waals surface area contributed by atoms with Crippen molar-refractivity contribution < 1.29 is 27.4 Å². The Morgan fingerprint density at radius 2 is 1.92 bits per heavy atom. The number of nitrogens with one attached hydrogen (secondary N) is 1. The molecule has 2 atom stereocenters. The molecule has 4 nitrogen and oxygen atoms in total. The molecular formula is C17H20F3NO3. The Morgan fingerprint density at radius 1 is 1.17 bits per heavy atom. The summed E-state index contributed by atoms with van der Waals surface area (Å²) in [5.74, 6) is -0.467. The highest BCUT2D eigenvalue weighted by Gasteiger charge is 2.45. The van der Waals surface area contributed by atoms with Gasteiger partial charge in [0.1, 0.15) is 0 Å². The van der Waals surface area contributed by atoms with Crippen molar-refractivity contribution in [2.75, 3.05) is 6.79 Å². The zero-order valence-corrected chi connectivity index (χ0v) is 13.2. The summed E-state index contributed by atoms with van der Waals surface area (Å²) < 4.78 is 49.6. The van der Waals surface area contributed by atoms with Crippen molar-refractivity contribution in [1.29, 1.82) is 0 Å². The predicted molar refractivity (Wildman–Crippen MR) is 80.8 cm³/mol. The largest absolute Gasteiger partial charge is 0.454 e. The summed E-state index contributed by atoms with van der Waals surface area (Å²) in [6, 6.07) is 4.61. The van der Waals surface area contributed by atoms with Crippen molar-refractivity contribution in [1.82, 2.24) is 5.32 Å². The average molecular weight is 343 g/mol. The summed E-state index contributed by atoms with van der Waals surface area (Å²) in [5, 5.41) is 2.58. The third-order valence-electron chi connectivity index (χ3n) is 4.61. The molecule has 1 aliphatic carbocycles. The fourth-order valence-electron chi connectivity index (χ4n) is 3.33. The fourth-order valence-corrected chi connectivity index (χ4v) is 3.33. The highest BCUT2D eigenvalue weighted by molar-refractivity contribution is 5.76. The molecular weight excluding hydrogens is 323 g/mol. The van der Waals surface area contributed by atoms with Gasteiger partial charge in [0.2, 0.25) is 12.7 Å². The molecule has 0 aromatic heterocycles. The van der Waals surface area contributed by atoms with Gasteiger partial charge in [-0.15, -0.1) is 0 Å². The van der Waals surface area contributed by atoms with Crippen LogP contribution in [0.25, 0.3) is 0 Å². The van der Waals surface area contributed by atoms with Crippen LogP contribution in [-0.2, 0) is 11.2 Å². The Hall–Kier alpha value is -1.92. The molecule has 1 aromatic carbocycles. The van der Waals surface area contributed by atoms with Crippen LogP contribution in [0, 0.1) is 5.92 Å². The highest BCUT2D eigenvalue weighted by Crippen LogP contribution is 2.38. The van der Waals surface area contributed by atoms with Gasteiger partial charge in [-0.1, -0.05) is 18.9 Å². The maximum absolute atomic E-state index is 13.0. The fraction of sp³-hybridized carbons (Fsp3) is 0.588. The lowest BCUT2D eigenvalue weighted by Gasteiger charge is -2.33.